The average molecular weight is 189 g/mol. The maximum atomic E-state index is 10.6. The summed E-state index contributed by atoms with van der Waals surface area (Å²) in [7, 11) is 0. The summed E-state index contributed by atoms with van der Waals surface area (Å²) in [5.41, 5.74) is 0. The van der Waals surface area contributed by atoms with E-state index in [9.17, 15) is 4.79 Å². The summed E-state index contributed by atoms with van der Waals surface area (Å²) >= 11 is 0. The van der Waals surface area contributed by atoms with Crippen LogP contribution in [0.4, 0.5) is 0 Å². The van der Waals surface area contributed by atoms with E-state index >= 15 is 0 Å². The van der Waals surface area contributed by atoms with Crippen molar-refractivity contribution in [2.45, 2.75) is 12.5 Å². The van der Waals surface area contributed by atoms with Crippen LogP contribution in [-0.2, 0) is 9.53 Å². The number of ether oxygens (including phenoxy) is 1. The molecule has 1 aliphatic rings. The summed E-state index contributed by atoms with van der Waals surface area (Å²) in [5.74, 6) is -0.909. The maximum Gasteiger partial charge on any atom is 0.334 e. The minimum Gasteiger partial charge on any atom is -0.479 e. The number of carboxylic acid groups (broad SMARTS) is 1. The molecule has 1 atom stereocenters. The van der Waals surface area contributed by atoms with E-state index in [-0.39, 0.29) is 6.61 Å². The SMILES string of the molecule is O=C(O)C1CN(CCCO)CCO1. The molecule has 1 saturated heterocycles. The molecule has 0 saturated carbocycles. The fraction of sp³-hybridized carbons (Fsp3) is 0.875. The Balaban J connectivity index is 2.29. The molecule has 0 aliphatic carbocycles. The van der Waals surface area contributed by atoms with Gasteiger partial charge in [0.15, 0.2) is 6.10 Å². The standard InChI is InChI=1S/C8H15NO4/c10-4-1-2-9-3-5-13-7(6-9)8(11)12/h7,10H,1-6H2,(H,11,12). The van der Waals surface area contributed by atoms with Crippen molar-refractivity contribution in [2.24, 2.45) is 0 Å². The number of carbonyl (C=O) groups is 1. The van der Waals surface area contributed by atoms with Crippen molar-refractivity contribution in [3.8, 4) is 0 Å². The molecule has 0 aromatic heterocycles. The van der Waals surface area contributed by atoms with Crippen molar-refractivity contribution in [3.05, 3.63) is 0 Å². The van der Waals surface area contributed by atoms with Gasteiger partial charge in [-0.25, -0.2) is 4.79 Å². The molecule has 1 unspecified atom stereocenters. The minimum atomic E-state index is -0.909. The molecule has 1 aliphatic heterocycles. The lowest BCUT2D eigenvalue weighted by Crippen LogP contribution is -2.46. The molecule has 0 bridgehead atoms. The van der Waals surface area contributed by atoms with Gasteiger partial charge in [0.05, 0.1) is 6.61 Å². The number of hydrogen-bond donors (Lipinski definition) is 2. The van der Waals surface area contributed by atoms with Crippen molar-refractivity contribution in [1.82, 2.24) is 4.90 Å². The Bertz CT molecular complexity index is 174. The predicted molar refractivity (Wildman–Crippen MR) is 45.5 cm³/mol. The van der Waals surface area contributed by atoms with Gasteiger partial charge in [-0.2, -0.15) is 0 Å². The van der Waals surface area contributed by atoms with Gasteiger partial charge in [-0.05, 0) is 6.42 Å². The Morgan fingerprint density at radius 1 is 1.62 bits per heavy atom. The highest BCUT2D eigenvalue weighted by atomic mass is 16.5. The van der Waals surface area contributed by atoms with Gasteiger partial charge >= 0.3 is 5.97 Å². The smallest absolute Gasteiger partial charge is 0.334 e. The van der Waals surface area contributed by atoms with Gasteiger partial charge in [-0.3, -0.25) is 4.90 Å². The Labute approximate surface area is 76.9 Å². The van der Waals surface area contributed by atoms with E-state index in [2.05, 4.69) is 0 Å². The van der Waals surface area contributed by atoms with Crippen molar-refractivity contribution < 1.29 is 19.7 Å². The van der Waals surface area contributed by atoms with E-state index in [1.807, 2.05) is 4.90 Å². The highest BCUT2D eigenvalue weighted by Gasteiger charge is 2.25. The van der Waals surface area contributed by atoms with Gasteiger partial charge in [-0.1, -0.05) is 0 Å². The minimum absolute atomic E-state index is 0.148. The van der Waals surface area contributed by atoms with Crippen LogP contribution in [-0.4, -0.2) is 60.0 Å². The van der Waals surface area contributed by atoms with Gasteiger partial charge in [0.2, 0.25) is 0 Å². The molecule has 0 spiro atoms. The highest BCUT2D eigenvalue weighted by molar-refractivity contribution is 5.72. The Hall–Kier alpha value is -0.650. The summed E-state index contributed by atoms with van der Waals surface area (Å²) < 4.78 is 5.05. The molecule has 1 rings (SSSR count). The average Bonchev–Trinajstić information content (AvgIpc) is 2.15. The lowest BCUT2D eigenvalue weighted by atomic mass is 10.2. The third kappa shape index (κ3) is 3.30. The van der Waals surface area contributed by atoms with E-state index in [0.29, 0.717) is 19.6 Å². The molecule has 2 N–H and O–H groups in total. The molecule has 5 nitrogen and oxygen atoms in total. The van der Waals surface area contributed by atoms with Crippen molar-refractivity contribution in [1.29, 1.82) is 0 Å². The molecule has 0 aromatic rings. The summed E-state index contributed by atoms with van der Waals surface area (Å²) in [4.78, 5) is 12.6. The zero-order valence-corrected chi connectivity index (χ0v) is 7.48. The van der Waals surface area contributed by atoms with Crippen molar-refractivity contribution in [3.63, 3.8) is 0 Å². The molecule has 0 amide bonds. The first-order valence-electron chi connectivity index (χ1n) is 4.41. The van der Waals surface area contributed by atoms with E-state index < -0.39 is 12.1 Å². The van der Waals surface area contributed by atoms with Gasteiger partial charge < -0.3 is 14.9 Å². The predicted octanol–water partition coefficient (Wildman–Crippen LogP) is -0.846. The van der Waals surface area contributed by atoms with Crippen LogP contribution in [0.5, 0.6) is 0 Å². The second kappa shape index (κ2) is 5.16. The lowest BCUT2D eigenvalue weighted by molar-refractivity contribution is -0.156. The molecular weight excluding hydrogens is 174 g/mol. The first kappa shape index (κ1) is 10.4. The van der Waals surface area contributed by atoms with Crippen LogP contribution >= 0.6 is 0 Å². The van der Waals surface area contributed by atoms with Gasteiger partial charge in [0.25, 0.3) is 0 Å². The van der Waals surface area contributed by atoms with Gasteiger partial charge in [-0.15, -0.1) is 0 Å². The quantitative estimate of drug-likeness (QED) is 0.603. The topological polar surface area (TPSA) is 70.0 Å². The number of morpholine rings is 1. The molecule has 0 radical (unpaired) electrons. The van der Waals surface area contributed by atoms with E-state index in [4.69, 9.17) is 14.9 Å². The Kier molecular flexibility index (Phi) is 4.14. The number of aliphatic carboxylic acids is 1. The number of carboxylic acids is 1. The zero-order chi connectivity index (χ0) is 9.68. The van der Waals surface area contributed by atoms with Gasteiger partial charge in [0.1, 0.15) is 0 Å². The van der Waals surface area contributed by atoms with Crippen LogP contribution in [0.3, 0.4) is 0 Å². The Morgan fingerprint density at radius 2 is 2.38 bits per heavy atom. The van der Waals surface area contributed by atoms with E-state index in [0.717, 1.165) is 13.1 Å². The number of nitrogens with zero attached hydrogens (tertiary/aromatic N) is 1. The van der Waals surface area contributed by atoms with E-state index in [1.165, 1.54) is 0 Å². The number of rotatable bonds is 4. The summed E-state index contributed by atoms with van der Waals surface area (Å²) in [6, 6.07) is 0. The highest BCUT2D eigenvalue weighted by Crippen LogP contribution is 2.05. The second-order valence-corrected chi connectivity index (χ2v) is 3.08. The largest absolute Gasteiger partial charge is 0.479 e. The van der Waals surface area contributed by atoms with Crippen LogP contribution in [0.2, 0.25) is 0 Å². The molecule has 76 valence electrons. The van der Waals surface area contributed by atoms with Crippen molar-refractivity contribution >= 4 is 5.97 Å². The first-order valence-corrected chi connectivity index (χ1v) is 4.41. The lowest BCUT2D eigenvalue weighted by Gasteiger charge is -2.30. The summed E-state index contributed by atoms with van der Waals surface area (Å²) in [5, 5.41) is 17.3. The molecular formula is C8H15NO4. The van der Waals surface area contributed by atoms with Crippen LogP contribution in [0.25, 0.3) is 0 Å². The van der Waals surface area contributed by atoms with Crippen LogP contribution in [0.15, 0.2) is 0 Å². The monoisotopic (exact) mass is 189 g/mol. The fourth-order valence-corrected chi connectivity index (χ4v) is 1.35. The third-order valence-electron chi connectivity index (χ3n) is 2.06. The fourth-order valence-electron chi connectivity index (χ4n) is 1.35. The number of hydrogen-bond acceptors (Lipinski definition) is 4. The van der Waals surface area contributed by atoms with Crippen LogP contribution < -0.4 is 0 Å². The van der Waals surface area contributed by atoms with E-state index in [1.54, 1.807) is 0 Å². The maximum absolute atomic E-state index is 10.6. The zero-order valence-electron chi connectivity index (χ0n) is 7.48. The molecule has 13 heavy (non-hydrogen) atoms. The molecule has 5 heteroatoms. The van der Waals surface area contributed by atoms with Crippen LogP contribution in [0, 0.1) is 0 Å². The Morgan fingerprint density at radius 3 is 3.00 bits per heavy atom. The van der Waals surface area contributed by atoms with Crippen molar-refractivity contribution in [2.75, 3.05) is 32.8 Å². The number of aliphatic hydroxyl groups excluding tert-OH is 1. The number of aliphatic hydroxyl groups is 1. The second-order valence-electron chi connectivity index (χ2n) is 3.08. The van der Waals surface area contributed by atoms with Crippen LogP contribution in [0.1, 0.15) is 6.42 Å². The molecule has 1 fully saturated rings. The normalized spacial score (nSPS) is 24.5. The molecule has 1 heterocycles. The van der Waals surface area contributed by atoms with Gasteiger partial charge in [0, 0.05) is 26.2 Å². The first-order chi connectivity index (χ1) is 6.24. The molecule has 0 aromatic carbocycles. The third-order valence-corrected chi connectivity index (χ3v) is 2.06. The summed E-state index contributed by atoms with van der Waals surface area (Å²) in [6.07, 6.45) is -0.0146. The summed E-state index contributed by atoms with van der Waals surface area (Å²) in [6.45, 7) is 2.53.